The summed E-state index contributed by atoms with van der Waals surface area (Å²) in [6.07, 6.45) is 1.62. The molecule has 1 aliphatic rings. The highest BCUT2D eigenvalue weighted by Crippen LogP contribution is 2.30. The minimum Gasteiger partial charge on any atom is -0.467 e. The highest BCUT2D eigenvalue weighted by Gasteiger charge is 2.22. The van der Waals surface area contributed by atoms with Gasteiger partial charge in [-0.2, -0.15) is 8.78 Å². The first-order chi connectivity index (χ1) is 14.2. The highest BCUT2D eigenvalue weighted by atomic mass is 32.2. The fourth-order valence-corrected chi connectivity index (χ4v) is 3.98. The van der Waals surface area contributed by atoms with Gasteiger partial charge in [0.2, 0.25) is 5.95 Å². The second-order valence-electron chi connectivity index (χ2n) is 6.32. The van der Waals surface area contributed by atoms with Gasteiger partial charge in [-0.05, 0) is 18.2 Å². The quantitative estimate of drug-likeness (QED) is 0.514. The lowest BCUT2D eigenvalue weighted by Crippen LogP contribution is -2.38. The number of halogens is 2. The molecule has 7 nitrogen and oxygen atoms in total. The number of anilines is 1. The molecule has 10 heteroatoms. The molecule has 0 N–H and O–H groups in total. The molecule has 154 valence electrons. The first kappa shape index (κ1) is 19.7. The molecule has 0 atom stereocenters. The summed E-state index contributed by atoms with van der Waals surface area (Å²) in [5.74, 6) is 2.11. The Morgan fingerprint density at radius 2 is 1.93 bits per heavy atom. The molecular weight excluding hydrogens is 402 g/mol. The van der Waals surface area contributed by atoms with Crippen LogP contribution in [0.15, 0.2) is 52.2 Å². The summed E-state index contributed by atoms with van der Waals surface area (Å²) >= 11 is 1.41. The molecule has 0 amide bonds. The Kier molecular flexibility index (Phi) is 6.30. The highest BCUT2D eigenvalue weighted by molar-refractivity contribution is 7.98. The molecule has 29 heavy (non-hydrogen) atoms. The van der Waals surface area contributed by atoms with E-state index in [1.54, 1.807) is 24.5 Å². The molecule has 3 aromatic rings. The van der Waals surface area contributed by atoms with E-state index in [0.717, 1.165) is 24.8 Å². The SMILES string of the molecule is FC(F)Oc1ccccc1CSc1nnc(N2CCOCC2)n1Cc1ccco1. The van der Waals surface area contributed by atoms with Gasteiger partial charge >= 0.3 is 6.61 Å². The molecule has 4 rings (SSSR count). The number of morpholine rings is 1. The van der Waals surface area contributed by atoms with Crippen molar-refractivity contribution in [3.05, 3.63) is 54.0 Å². The van der Waals surface area contributed by atoms with Gasteiger partial charge in [0, 0.05) is 24.4 Å². The van der Waals surface area contributed by atoms with Crippen LogP contribution in [0.2, 0.25) is 0 Å². The third kappa shape index (κ3) is 4.88. The average Bonchev–Trinajstić information content (AvgIpc) is 3.38. The predicted molar refractivity (Wildman–Crippen MR) is 103 cm³/mol. The zero-order chi connectivity index (χ0) is 20.1. The monoisotopic (exact) mass is 422 g/mol. The second kappa shape index (κ2) is 9.27. The molecule has 1 aliphatic heterocycles. The van der Waals surface area contributed by atoms with Crippen molar-refractivity contribution in [1.82, 2.24) is 14.8 Å². The van der Waals surface area contributed by atoms with Gasteiger partial charge in [0.25, 0.3) is 0 Å². The van der Waals surface area contributed by atoms with E-state index in [1.165, 1.54) is 17.8 Å². The van der Waals surface area contributed by atoms with Crippen LogP contribution < -0.4 is 9.64 Å². The lowest BCUT2D eigenvalue weighted by molar-refractivity contribution is -0.0503. The van der Waals surface area contributed by atoms with Gasteiger partial charge in [-0.25, -0.2) is 0 Å². The van der Waals surface area contributed by atoms with Crippen molar-refractivity contribution in [2.24, 2.45) is 0 Å². The minimum atomic E-state index is -2.86. The lowest BCUT2D eigenvalue weighted by Gasteiger charge is -2.27. The van der Waals surface area contributed by atoms with Crippen molar-refractivity contribution in [3.63, 3.8) is 0 Å². The summed E-state index contributed by atoms with van der Waals surface area (Å²) in [5, 5.41) is 9.39. The maximum absolute atomic E-state index is 12.7. The molecule has 1 aromatic carbocycles. The number of benzene rings is 1. The van der Waals surface area contributed by atoms with E-state index in [1.807, 2.05) is 16.7 Å². The van der Waals surface area contributed by atoms with Crippen molar-refractivity contribution in [2.45, 2.75) is 24.1 Å². The van der Waals surface area contributed by atoms with Crippen molar-refractivity contribution in [3.8, 4) is 5.75 Å². The summed E-state index contributed by atoms with van der Waals surface area (Å²) in [7, 11) is 0. The first-order valence-corrected chi connectivity index (χ1v) is 10.1. The molecule has 0 bridgehead atoms. The van der Waals surface area contributed by atoms with Crippen LogP contribution in [0, 0.1) is 0 Å². The van der Waals surface area contributed by atoms with Crippen molar-refractivity contribution < 1.29 is 22.7 Å². The molecule has 1 saturated heterocycles. The van der Waals surface area contributed by atoms with Crippen molar-refractivity contribution in [2.75, 3.05) is 31.2 Å². The van der Waals surface area contributed by atoms with E-state index in [-0.39, 0.29) is 5.75 Å². The van der Waals surface area contributed by atoms with E-state index >= 15 is 0 Å². The van der Waals surface area contributed by atoms with E-state index in [0.29, 0.717) is 36.2 Å². The van der Waals surface area contributed by atoms with Gasteiger partial charge in [-0.15, -0.1) is 10.2 Å². The van der Waals surface area contributed by atoms with Crippen LogP contribution in [-0.2, 0) is 17.0 Å². The smallest absolute Gasteiger partial charge is 0.387 e. The molecule has 0 aliphatic carbocycles. The molecule has 2 aromatic heterocycles. The average molecular weight is 422 g/mol. The molecule has 0 saturated carbocycles. The normalized spacial score (nSPS) is 14.5. The molecule has 3 heterocycles. The molecular formula is C19H20F2N4O3S. The number of ether oxygens (including phenoxy) is 2. The zero-order valence-electron chi connectivity index (χ0n) is 15.5. The third-order valence-electron chi connectivity index (χ3n) is 4.43. The Morgan fingerprint density at radius 3 is 2.69 bits per heavy atom. The maximum atomic E-state index is 12.7. The Bertz CT molecular complexity index is 914. The van der Waals surface area contributed by atoms with Gasteiger partial charge in [0.1, 0.15) is 11.5 Å². The summed E-state index contributed by atoms with van der Waals surface area (Å²) in [6, 6.07) is 10.5. The Balaban J connectivity index is 1.56. The number of nitrogens with zero attached hydrogens (tertiary/aromatic N) is 4. The molecule has 0 spiro atoms. The van der Waals surface area contributed by atoms with Crippen LogP contribution in [0.5, 0.6) is 5.75 Å². The topological polar surface area (TPSA) is 65.6 Å². The Hall–Kier alpha value is -2.59. The van der Waals surface area contributed by atoms with Crippen LogP contribution >= 0.6 is 11.8 Å². The number of aromatic nitrogens is 3. The number of hydrogen-bond donors (Lipinski definition) is 0. The van der Waals surface area contributed by atoms with Crippen LogP contribution in [-0.4, -0.2) is 47.7 Å². The molecule has 1 fully saturated rings. The van der Waals surface area contributed by atoms with Gasteiger partial charge in [0.15, 0.2) is 5.16 Å². The number of para-hydroxylation sites is 1. The van der Waals surface area contributed by atoms with Crippen LogP contribution in [0.4, 0.5) is 14.7 Å². The predicted octanol–water partition coefficient (Wildman–Crippen LogP) is 3.65. The number of furan rings is 1. The second-order valence-corrected chi connectivity index (χ2v) is 7.26. The van der Waals surface area contributed by atoms with Crippen molar-refractivity contribution >= 4 is 17.7 Å². The lowest BCUT2D eigenvalue weighted by atomic mass is 10.2. The van der Waals surface area contributed by atoms with E-state index < -0.39 is 6.61 Å². The van der Waals surface area contributed by atoms with Crippen molar-refractivity contribution in [1.29, 1.82) is 0 Å². The van der Waals surface area contributed by atoms with E-state index in [9.17, 15) is 8.78 Å². The number of rotatable bonds is 8. The van der Waals surface area contributed by atoms with Crippen LogP contribution in [0.1, 0.15) is 11.3 Å². The van der Waals surface area contributed by atoms with Gasteiger partial charge in [0.05, 0.1) is 26.0 Å². The molecule has 0 unspecified atom stereocenters. The Morgan fingerprint density at radius 1 is 1.10 bits per heavy atom. The number of thioether (sulfide) groups is 1. The van der Waals surface area contributed by atoms with Gasteiger partial charge in [-0.3, -0.25) is 4.57 Å². The number of alkyl halides is 2. The minimum absolute atomic E-state index is 0.167. The molecule has 0 radical (unpaired) electrons. The first-order valence-electron chi connectivity index (χ1n) is 9.14. The summed E-state index contributed by atoms with van der Waals surface area (Å²) in [5.41, 5.74) is 0.665. The summed E-state index contributed by atoms with van der Waals surface area (Å²) in [4.78, 5) is 2.12. The van der Waals surface area contributed by atoms with E-state index in [2.05, 4.69) is 19.8 Å². The number of hydrogen-bond acceptors (Lipinski definition) is 7. The van der Waals surface area contributed by atoms with E-state index in [4.69, 9.17) is 9.15 Å². The van der Waals surface area contributed by atoms with Gasteiger partial charge < -0.3 is 18.8 Å². The fourth-order valence-electron chi connectivity index (χ4n) is 3.06. The van der Waals surface area contributed by atoms with Gasteiger partial charge in [-0.1, -0.05) is 30.0 Å². The zero-order valence-corrected chi connectivity index (χ0v) is 16.4. The summed E-state index contributed by atoms with van der Waals surface area (Å²) < 4.78 is 42.9. The van der Waals surface area contributed by atoms with Crippen LogP contribution in [0.25, 0.3) is 0 Å². The standard InChI is InChI=1S/C19H20F2N4O3S/c20-17(21)28-16-6-2-1-4-14(16)13-29-19-23-22-18(24-7-10-26-11-8-24)25(19)12-15-5-3-9-27-15/h1-6,9,17H,7-8,10-13H2. The largest absolute Gasteiger partial charge is 0.467 e. The fraction of sp³-hybridized carbons (Fsp3) is 0.368. The van der Waals surface area contributed by atoms with Crippen LogP contribution in [0.3, 0.4) is 0 Å². The maximum Gasteiger partial charge on any atom is 0.387 e. The Labute approximate surface area is 170 Å². The third-order valence-corrected chi connectivity index (χ3v) is 5.45. The summed E-state index contributed by atoms with van der Waals surface area (Å²) in [6.45, 7) is 0.335.